The number of nitrogens with zero attached hydrogens (tertiary/aromatic N) is 3. The molecule has 1 aliphatic heterocycles. The highest BCUT2D eigenvalue weighted by Crippen LogP contribution is 2.39. The Morgan fingerprint density at radius 3 is 2.70 bits per heavy atom. The van der Waals surface area contributed by atoms with Gasteiger partial charge < -0.3 is 14.8 Å². The Hall–Kier alpha value is -2.80. The Morgan fingerprint density at radius 1 is 1.11 bits per heavy atom. The second-order valence-corrected chi connectivity index (χ2v) is 7.12. The quantitative estimate of drug-likeness (QED) is 0.651. The maximum Gasteiger partial charge on any atom is 0.247 e. The highest BCUT2D eigenvalue weighted by molar-refractivity contribution is 7.99. The smallest absolute Gasteiger partial charge is 0.247 e. The van der Waals surface area contributed by atoms with E-state index in [0.29, 0.717) is 16.7 Å². The van der Waals surface area contributed by atoms with Crippen molar-refractivity contribution in [2.45, 2.75) is 24.7 Å². The summed E-state index contributed by atoms with van der Waals surface area (Å²) < 4.78 is 11.5. The summed E-state index contributed by atoms with van der Waals surface area (Å²) in [4.78, 5) is 4.62. The fourth-order valence-corrected chi connectivity index (χ4v) is 3.46. The van der Waals surface area contributed by atoms with E-state index >= 15 is 0 Å². The number of para-hydroxylation sites is 1. The summed E-state index contributed by atoms with van der Waals surface area (Å²) in [5, 5.41) is 12.8. The number of rotatable bonds is 5. The number of fused-ring (bicyclic) bond motifs is 3. The first-order chi connectivity index (χ1) is 13.3. The van der Waals surface area contributed by atoms with Crippen molar-refractivity contribution >= 4 is 17.4 Å². The molecule has 7 heteroatoms. The van der Waals surface area contributed by atoms with Crippen LogP contribution in [0.4, 0.5) is 5.69 Å². The molecule has 3 aromatic rings. The number of hydrogen-bond donors (Lipinski definition) is 1. The van der Waals surface area contributed by atoms with Crippen LogP contribution < -0.4 is 14.8 Å². The van der Waals surface area contributed by atoms with Crippen LogP contribution in [-0.2, 0) is 0 Å². The van der Waals surface area contributed by atoms with Crippen LogP contribution in [0.2, 0.25) is 0 Å². The third-order valence-corrected chi connectivity index (χ3v) is 5.23. The van der Waals surface area contributed by atoms with Crippen LogP contribution in [0, 0.1) is 0 Å². The molecule has 0 radical (unpaired) electrons. The van der Waals surface area contributed by atoms with Gasteiger partial charge in [0.25, 0.3) is 0 Å². The summed E-state index contributed by atoms with van der Waals surface area (Å²) >= 11 is 1.58. The maximum absolute atomic E-state index is 6.24. The van der Waals surface area contributed by atoms with Gasteiger partial charge in [-0.05, 0) is 36.8 Å². The molecule has 6 nitrogen and oxygen atoms in total. The molecule has 1 atom stereocenters. The number of hydrogen-bond acceptors (Lipinski definition) is 7. The van der Waals surface area contributed by atoms with Crippen LogP contribution in [0.1, 0.15) is 25.1 Å². The molecule has 0 aliphatic carbocycles. The molecular weight excluding hydrogens is 360 g/mol. The molecule has 1 N–H and O–H groups in total. The molecule has 0 amide bonds. The van der Waals surface area contributed by atoms with Gasteiger partial charge in [-0.2, -0.15) is 4.98 Å². The fourth-order valence-electron chi connectivity index (χ4n) is 2.83. The van der Waals surface area contributed by atoms with Crippen molar-refractivity contribution in [3.8, 4) is 22.9 Å². The average Bonchev–Trinajstić information content (AvgIpc) is 2.88. The van der Waals surface area contributed by atoms with Gasteiger partial charge in [0.1, 0.15) is 5.75 Å². The number of benzene rings is 2. The zero-order valence-corrected chi connectivity index (χ0v) is 16.0. The van der Waals surface area contributed by atoms with Gasteiger partial charge in [-0.25, -0.2) is 0 Å². The Morgan fingerprint density at radius 2 is 1.93 bits per heavy atom. The lowest BCUT2D eigenvalue weighted by Gasteiger charge is -2.19. The van der Waals surface area contributed by atoms with Gasteiger partial charge in [-0.1, -0.05) is 36.9 Å². The minimum absolute atomic E-state index is 0.390. The largest absolute Gasteiger partial charge is 0.497 e. The van der Waals surface area contributed by atoms with Crippen LogP contribution in [0.25, 0.3) is 11.3 Å². The number of ether oxygens (including phenoxy) is 2. The Labute approximate surface area is 162 Å². The first-order valence-electron chi connectivity index (χ1n) is 8.82. The van der Waals surface area contributed by atoms with Gasteiger partial charge in [-0.3, -0.25) is 0 Å². The van der Waals surface area contributed by atoms with Gasteiger partial charge in [0.05, 0.1) is 7.11 Å². The highest BCUT2D eigenvalue weighted by atomic mass is 32.2. The van der Waals surface area contributed by atoms with Crippen molar-refractivity contribution in [3.63, 3.8) is 0 Å². The first-order valence-corrected chi connectivity index (χ1v) is 9.81. The standard InChI is InChI=1S/C20H20N4O2S/c1-3-12-27-20-22-19-17(23-24-20)15-6-4-5-7-16(15)21-18(26-19)13-8-10-14(25-2)11-9-13/h4-11,18,21H,3,12H2,1-2H3/t18-/m1/s1. The predicted octanol–water partition coefficient (Wildman–Crippen LogP) is 4.55. The van der Waals surface area contributed by atoms with Crippen LogP contribution in [0.5, 0.6) is 11.6 Å². The van der Waals surface area contributed by atoms with E-state index in [-0.39, 0.29) is 6.23 Å². The Kier molecular flexibility index (Phi) is 5.11. The topological polar surface area (TPSA) is 69.2 Å². The minimum atomic E-state index is -0.390. The second kappa shape index (κ2) is 7.84. The van der Waals surface area contributed by atoms with E-state index in [0.717, 1.165) is 34.7 Å². The molecule has 0 spiro atoms. The van der Waals surface area contributed by atoms with Crippen LogP contribution in [0.15, 0.2) is 53.7 Å². The Balaban J connectivity index is 1.75. The lowest BCUT2D eigenvalue weighted by Crippen LogP contribution is -2.17. The van der Waals surface area contributed by atoms with E-state index in [1.54, 1.807) is 18.9 Å². The molecule has 0 unspecified atom stereocenters. The van der Waals surface area contributed by atoms with E-state index in [9.17, 15) is 0 Å². The molecule has 1 aromatic heterocycles. The van der Waals surface area contributed by atoms with Crippen LogP contribution >= 0.6 is 11.8 Å². The van der Waals surface area contributed by atoms with E-state index in [2.05, 4.69) is 27.4 Å². The van der Waals surface area contributed by atoms with E-state index in [4.69, 9.17) is 9.47 Å². The monoisotopic (exact) mass is 380 g/mol. The van der Waals surface area contributed by atoms with Gasteiger partial charge in [0.2, 0.25) is 11.0 Å². The summed E-state index contributed by atoms with van der Waals surface area (Å²) in [6.45, 7) is 2.13. The van der Waals surface area contributed by atoms with Crippen molar-refractivity contribution in [2.75, 3.05) is 18.2 Å². The fraction of sp³-hybridized carbons (Fsp3) is 0.250. The SMILES string of the molecule is CCCSc1nnc2c(n1)O[C@H](c1ccc(OC)cc1)Nc1ccccc1-2. The van der Waals surface area contributed by atoms with Gasteiger partial charge >= 0.3 is 0 Å². The zero-order valence-electron chi connectivity index (χ0n) is 15.2. The molecule has 1 aliphatic rings. The number of nitrogens with one attached hydrogen (secondary N) is 1. The third kappa shape index (κ3) is 3.68. The zero-order chi connectivity index (χ0) is 18.6. The molecule has 4 rings (SSSR count). The molecule has 0 saturated carbocycles. The average molecular weight is 380 g/mol. The van der Waals surface area contributed by atoms with Crippen molar-refractivity contribution in [2.24, 2.45) is 0 Å². The number of aromatic nitrogens is 3. The lowest BCUT2D eigenvalue weighted by molar-refractivity contribution is 0.225. The molecule has 0 bridgehead atoms. The number of methoxy groups -OCH3 is 1. The van der Waals surface area contributed by atoms with Crippen molar-refractivity contribution < 1.29 is 9.47 Å². The summed E-state index contributed by atoms with van der Waals surface area (Å²) in [5.41, 5.74) is 3.48. The highest BCUT2D eigenvalue weighted by Gasteiger charge is 2.25. The lowest BCUT2D eigenvalue weighted by atomic mass is 10.1. The van der Waals surface area contributed by atoms with Crippen LogP contribution in [0.3, 0.4) is 0 Å². The van der Waals surface area contributed by atoms with E-state index in [1.165, 1.54) is 0 Å². The Bertz CT molecular complexity index is 934. The van der Waals surface area contributed by atoms with Crippen molar-refractivity contribution in [1.29, 1.82) is 0 Å². The summed E-state index contributed by atoms with van der Waals surface area (Å²) in [6.07, 6.45) is 0.657. The normalized spacial score (nSPS) is 15.0. The number of thioether (sulfide) groups is 1. The summed E-state index contributed by atoms with van der Waals surface area (Å²) in [7, 11) is 1.65. The minimum Gasteiger partial charge on any atom is -0.497 e. The predicted molar refractivity (Wildman–Crippen MR) is 106 cm³/mol. The number of anilines is 1. The summed E-state index contributed by atoms with van der Waals surface area (Å²) in [6, 6.07) is 15.7. The van der Waals surface area contributed by atoms with E-state index in [1.807, 2.05) is 48.5 Å². The second-order valence-electron chi connectivity index (χ2n) is 6.06. The molecule has 0 saturated heterocycles. The molecule has 2 aromatic carbocycles. The first kappa shape index (κ1) is 17.6. The molecular formula is C20H20N4O2S. The van der Waals surface area contributed by atoms with Crippen LogP contribution in [-0.4, -0.2) is 28.0 Å². The van der Waals surface area contributed by atoms with Gasteiger partial charge in [-0.15, -0.1) is 10.2 Å². The molecule has 0 fully saturated rings. The summed E-state index contributed by atoms with van der Waals surface area (Å²) in [5.74, 6) is 2.23. The maximum atomic E-state index is 6.24. The van der Waals surface area contributed by atoms with Gasteiger partial charge in [0, 0.05) is 22.6 Å². The van der Waals surface area contributed by atoms with E-state index < -0.39 is 0 Å². The molecule has 138 valence electrons. The van der Waals surface area contributed by atoms with Gasteiger partial charge in [0.15, 0.2) is 11.9 Å². The van der Waals surface area contributed by atoms with Crippen molar-refractivity contribution in [3.05, 3.63) is 54.1 Å². The molecule has 2 heterocycles. The molecule has 27 heavy (non-hydrogen) atoms. The third-order valence-electron chi connectivity index (χ3n) is 4.19. The van der Waals surface area contributed by atoms with Crippen molar-refractivity contribution in [1.82, 2.24) is 15.2 Å².